The van der Waals surface area contributed by atoms with Gasteiger partial charge in [-0.3, -0.25) is 4.79 Å². The van der Waals surface area contributed by atoms with Crippen molar-refractivity contribution in [2.45, 2.75) is 23.3 Å². The van der Waals surface area contributed by atoms with Crippen LogP contribution in [0.3, 0.4) is 0 Å². The number of nitrogens with two attached hydrogens (primary N) is 1. The number of primary amides is 1. The zero-order chi connectivity index (χ0) is 15.7. The highest BCUT2D eigenvalue weighted by Crippen LogP contribution is 2.39. The molecule has 21 heavy (non-hydrogen) atoms. The fraction of sp³-hybridized carbons (Fsp3) is 0.500. The van der Waals surface area contributed by atoms with Gasteiger partial charge in [0.05, 0.1) is 4.90 Å². The highest BCUT2D eigenvalue weighted by atomic mass is 32.2. The molecule has 3 N–H and O–H groups in total. The van der Waals surface area contributed by atoms with E-state index < -0.39 is 21.3 Å². The molecule has 0 spiro atoms. The highest BCUT2D eigenvalue weighted by Gasteiger charge is 2.49. The van der Waals surface area contributed by atoms with E-state index in [4.69, 9.17) is 10.5 Å². The molecule has 1 unspecified atom stereocenters. The van der Waals surface area contributed by atoms with Crippen molar-refractivity contribution in [1.29, 1.82) is 0 Å². The van der Waals surface area contributed by atoms with E-state index in [1.807, 2.05) is 0 Å². The van der Waals surface area contributed by atoms with Crippen LogP contribution in [0, 0.1) is 5.92 Å². The third kappa shape index (κ3) is 3.36. The lowest BCUT2D eigenvalue weighted by molar-refractivity contribution is -0.126. The van der Waals surface area contributed by atoms with Gasteiger partial charge in [0.1, 0.15) is 17.9 Å². The Kier molecular flexibility index (Phi) is 4.25. The average Bonchev–Trinajstić information content (AvgIpc) is 3.24. The number of likely N-dealkylation sites (N-methyl/N-ethyl adjacent to an activating group) is 1. The van der Waals surface area contributed by atoms with Gasteiger partial charge >= 0.3 is 0 Å². The molecule has 1 amide bonds. The number of sulfone groups is 1. The number of amides is 1. The van der Waals surface area contributed by atoms with Crippen molar-refractivity contribution >= 4 is 15.7 Å². The number of rotatable bonds is 7. The summed E-state index contributed by atoms with van der Waals surface area (Å²) in [4.78, 5) is 11.9. The van der Waals surface area contributed by atoms with Gasteiger partial charge in [0.15, 0.2) is 9.84 Å². The Balaban J connectivity index is 2.17. The van der Waals surface area contributed by atoms with Crippen LogP contribution >= 0.6 is 0 Å². The van der Waals surface area contributed by atoms with E-state index in [9.17, 15) is 13.2 Å². The van der Waals surface area contributed by atoms with Crippen molar-refractivity contribution in [3.8, 4) is 5.75 Å². The minimum Gasteiger partial charge on any atom is -0.491 e. The largest absolute Gasteiger partial charge is 0.491 e. The summed E-state index contributed by atoms with van der Waals surface area (Å²) >= 11 is 0. The number of carbonyl (C=O) groups excluding carboxylic acids is 1. The van der Waals surface area contributed by atoms with Crippen LogP contribution in [0.25, 0.3) is 0 Å². The summed E-state index contributed by atoms with van der Waals surface area (Å²) in [5.41, 5.74) is 4.61. The smallest absolute Gasteiger partial charge is 0.241 e. The first-order valence-electron chi connectivity index (χ1n) is 6.71. The number of ether oxygens (including phenoxy) is 1. The Morgan fingerprint density at radius 1 is 1.48 bits per heavy atom. The summed E-state index contributed by atoms with van der Waals surface area (Å²) in [7, 11) is -1.61. The minimum absolute atomic E-state index is 0.0801. The molecular weight excluding hydrogens is 292 g/mol. The Morgan fingerprint density at radius 2 is 2.14 bits per heavy atom. The molecule has 1 fully saturated rings. The van der Waals surface area contributed by atoms with E-state index in [1.54, 1.807) is 19.2 Å². The zero-order valence-corrected chi connectivity index (χ0v) is 12.9. The summed E-state index contributed by atoms with van der Waals surface area (Å²) in [5.74, 6) is 0.115. The summed E-state index contributed by atoms with van der Waals surface area (Å²) in [6.07, 6.45) is 2.99. The maximum atomic E-state index is 11.8. The number of nitrogens with one attached hydrogen (secondary N) is 1. The molecule has 1 atom stereocenters. The summed E-state index contributed by atoms with van der Waals surface area (Å²) in [6.45, 7) is 0.0801. The first kappa shape index (κ1) is 15.8. The lowest BCUT2D eigenvalue weighted by Gasteiger charge is -2.30. The molecule has 0 heterocycles. The van der Waals surface area contributed by atoms with Crippen LogP contribution in [0.4, 0.5) is 0 Å². The molecule has 0 radical (unpaired) electrons. The van der Waals surface area contributed by atoms with Gasteiger partial charge in [-0.05, 0) is 44.0 Å². The first-order valence-corrected chi connectivity index (χ1v) is 8.60. The normalized spacial score (nSPS) is 18.0. The van der Waals surface area contributed by atoms with Crippen molar-refractivity contribution < 1.29 is 17.9 Å². The Labute approximate surface area is 124 Å². The van der Waals surface area contributed by atoms with Crippen LogP contribution in [0.2, 0.25) is 0 Å². The average molecular weight is 312 g/mol. The zero-order valence-electron chi connectivity index (χ0n) is 12.1. The Morgan fingerprint density at radius 3 is 2.62 bits per heavy atom. The van der Waals surface area contributed by atoms with Gasteiger partial charge in [0.2, 0.25) is 5.91 Å². The van der Waals surface area contributed by atoms with E-state index in [0.29, 0.717) is 5.75 Å². The van der Waals surface area contributed by atoms with Crippen molar-refractivity contribution in [3.63, 3.8) is 0 Å². The molecule has 116 valence electrons. The van der Waals surface area contributed by atoms with E-state index in [-0.39, 0.29) is 17.4 Å². The van der Waals surface area contributed by atoms with Crippen molar-refractivity contribution in [2.75, 3.05) is 19.9 Å². The molecule has 2 rings (SSSR count). The quantitative estimate of drug-likeness (QED) is 0.755. The monoisotopic (exact) mass is 312 g/mol. The first-order chi connectivity index (χ1) is 9.79. The molecule has 7 heteroatoms. The number of benzene rings is 1. The Bertz CT molecular complexity index is 640. The molecule has 0 saturated heterocycles. The topological polar surface area (TPSA) is 98.5 Å². The fourth-order valence-corrected chi connectivity index (χ4v) is 3.01. The SMILES string of the molecule is CNC(COc1cccc(S(C)(=O)=O)c1)(C(N)=O)C1CC1. The second-order valence-corrected chi connectivity index (χ2v) is 7.41. The summed E-state index contributed by atoms with van der Waals surface area (Å²) in [6, 6.07) is 6.21. The third-order valence-electron chi connectivity index (χ3n) is 3.86. The van der Waals surface area contributed by atoms with Gasteiger partial charge in [-0.1, -0.05) is 6.07 Å². The third-order valence-corrected chi connectivity index (χ3v) is 4.97. The lowest BCUT2D eigenvalue weighted by atomic mass is 9.93. The molecule has 1 saturated carbocycles. The fourth-order valence-electron chi connectivity index (χ4n) is 2.36. The molecule has 1 aromatic rings. The molecule has 0 bridgehead atoms. The maximum absolute atomic E-state index is 11.8. The molecule has 1 aliphatic carbocycles. The van der Waals surface area contributed by atoms with Crippen LogP contribution < -0.4 is 15.8 Å². The van der Waals surface area contributed by atoms with Crippen LogP contribution in [0.15, 0.2) is 29.2 Å². The van der Waals surface area contributed by atoms with Crippen molar-refractivity contribution in [2.24, 2.45) is 11.7 Å². The van der Waals surface area contributed by atoms with E-state index in [1.165, 1.54) is 12.1 Å². The van der Waals surface area contributed by atoms with Crippen LogP contribution in [0.5, 0.6) is 5.75 Å². The summed E-state index contributed by atoms with van der Waals surface area (Å²) in [5, 5.41) is 2.97. The molecule has 6 nitrogen and oxygen atoms in total. The standard InChI is InChI=1S/C14H20N2O4S/c1-16-14(13(15)17,10-6-7-10)9-20-11-4-3-5-12(8-11)21(2,18)19/h3-5,8,10,16H,6-7,9H2,1-2H3,(H2,15,17). The highest BCUT2D eigenvalue weighted by molar-refractivity contribution is 7.90. The van der Waals surface area contributed by atoms with E-state index >= 15 is 0 Å². The second kappa shape index (κ2) is 5.65. The van der Waals surface area contributed by atoms with Crippen molar-refractivity contribution in [3.05, 3.63) is 24.3 Å². The maximum Gasteiger partial charge on any atom is 0.241 e. The van der Waals surface area contributed by atoms with Crippen molar-refractivity contribution in [1.82, 2.24) is 5.32 Å². The molecule has 1 aromatic carbocycles. The van der Waals surface area contributed by atoms with E-state index in [2.05, 4.69) is 5.32 Å². The van der Waals surface area contributed by atoms with Crippen LogP contribution in [0.1, 0.15) is 12.8 Å². The predicted octanol–water partition coefficient (Wildman–Crippen LogP) is 0.322. The second-order valence-electron chi connectivity index (χ2n) is 5.40. The Hall–Kier alpha value is -1.60. The van der Waals surface area contributed by atoms with Gasteiger partial charge in [0, 0.05) is 6.26 Å². The lowest BCUT2D eigenvalue weighted by Crippen LogP contribution is -2.59. The van der Waals surface area contributed by atoms with Crippen LogP contribution in [-0.4, -0.2) is 39.8 Å². The van der Waals surface area contributed by atoms with Gasteiger partial charge in [-0.15, -0.1) is 0 Å². The molecular formula is C14H20N2O4S. The van der Waals surface area contributed by atoms with Gasteiger partial charge in [0.25, 0.3) is 0 Å². The van der Waals surface area contributed by atoms with Gasteiger partial charge < -0.3 is 15.8 Å². The number of hydrogen-bond acceptors (Lipinski definition) is 5. The van der Waals surface area contributed by atoms with Gasteiger partial charge in [-0.25, -0.2) is 8.42 Å². The van der Waals surface area contributed by atoms with E-state index in [0.717, 1.165) is 19.1 Å². The molecule has 0 aromatic heterocycles. The molecule has 0 aliphatic heterocycles. The minimum atomic E-state index is -3.29. The number of carbonyl (C=O) groups is 1. The van der Waals surface area contributed by atoms with Crippen LogP contribution in [-0.2, 0) is 14.6 Å². The van der Waals surface area contributed by atoms with Gasteiger partial charge in [-0.2, -0.15) is 0 Å². The predicted molar refractivity (Wildman–Crippen MR) is 78.8 cm³/mol. The number of hydrogen-bond donors (Lipinski definition) is 2. The summed E-state index contributed by atoms with van der Waals surface area (Å²) < 4.78 is 28.7. The molecule has 1 aliphatic rings.